The minimum Gasteiger partial charge on any atom is -0.315 e. The summed E-state index contributed by atoms with van der Waals surface area (Å²) in [5, 5.41) is 2.94. The van der Waals surface area contributed by atoms with Crippen molar-refractivity contribution < 1.29 is 13.2 Å². The highest BCUT2D eigenvalue weighted by atomic mass is 19.4. The van der Waals surface area contributed by atoms with E-state index in [0.29, 0.717) is 19.1 Å². The summed E-state index contributed by atoms with van der Waals surface area (Å²) in [4.78, 5) is 3.95. The number of nitrogens with zero attached hydrogens (tertiary/aromatic N) is 2. The second-order valence-corrected chi connectivity index (χ2v) is 6.16. The molecule has 0 amide bonds. The Kier molecular flexibility index (Phi) is 5.31. The first-order valence-corrected chi connectivity index (χ1v) is 7.70. The van der Waals surface area contributed by atoms with Crippen molar-refractivity contribution in [1.29, 1.82) is 0 Å². The van der Waals surface area contributed by atoms with E-state index in [1.165, 1.54) is 0 Å². The second kappa shape index (κ2) is 6.62. The van der Waals surface area contributed by atoms with Gasteiger partial charge in [0.25, 0.3) is 0 Å². The average molecular weight is 293 g/mol. The van der Waals surface area contributed by atoms with Gasteiger partial charge in [0.2, 0.25) is 0 Å². The molecule has 2 heterocycles. The Morgan fingerprint density at radius 3 is 2.50 bits per heavy atom. The number of hydrogen-bond acceptors (Lipinski definition) is 3. The van der Waals surface area contributed by atoms with Crippen LogP contribution < -0.4 is 5.32 Å². The van der Waals surface area contributed by atoms with Crippen molar-refractivity contribution in [3.05, 3.63) is 0 Å². The van der Waals surface area contributed by atoms with E-state index >= 15 is 0 Å². The molecule has 20 heavy (non-hydrogen) atoms. The molecular formula is C14H26F3N3. The Hall–Kier alpha value is -0.330. The number of likely N-dealkylation sites (tertiary alicyclic amines) is 1. The number of piperidine rings is 1. The second-order valence-electron chi connectivity index (χ2n) is 6.16. The van der Waals surface area contributed by atoms with Crippen molar-refractivity contribution in [1.82, 2.24) is 15.1 Å². The quantitative estimate of drug-likeness (QED) is 0.843. The minimum atomic E-state index is -4.16. The van der Waals surface area contributed by atoms with Crippen LogP contribution in [0.25, 0.3) is 0 Å². The molecule has 2 aliphatic heterocycles. The van der Waals surface area contributed by atoms with Gasteiger partial charge in [0, 0.05) is 19.1 Å². The molecule has 0 aromatic heterocycles. The van der Waals surface area contributed by atoms with Gasteiger partial charge in [-0.3, -0.25) is 9.80 Å². The summed E-state index contributed by atoms with van der Waals surface area (Å²) in [6, 6.07) is -1.06. The smallest absolute Gasteiger partial charge is 0.315 e. The Labute approximate surface area is 119 Å². The molecule has 6 heteroatoms. The van der Waals surface area contributed by atoms with Gasteiger partial charge in [-0.05, 0) is 52.6 Å². The Morgan fingerprint density at radius 1 is 1.10 bits per heavy atom. The lowest BCUT2D eigenvalue weighted by atomic mass is 10.0. The summed E-state index contributed by atoms with van der Waals surface area (Å²) >= 11 is 0. The molecule has 0 radical (unpaired) electrons. The van der Waals surface area contributed by atoms with Crippen LogP contribution in [-0.2, 0) is 0 Å². The van der Waals surface area contributed by atoms with Crippen molar-refractivity contribution in [2.45, 2.75) is 64.0 Å². The van der Waals surface area contributed by atoms with E-state index < -0.39 is 12.2 Å². The lowest BCUT2D eigenvalue weighted by Gasteiger charge is -2.47. The SMILES string of the molecule is CC(C)N1CCCCC1N1CCCNCC1C(F)(F)F. The van der Waals surface area contributed by atoms with Gasteiger partial charge in [0.1, 0.15) is 6.04 Å². The van der Waals surface area contributed by atoms with Gasteiger partial charge in [-0.15, -0.1) is 0 Å². The zero-order chi connectivity index (χ0) is 14.8. The first-order chi connectivity index (χ1) is 9.41. The van der Waals surface area contributed by atoms with Crippen LogP contribution in [0.15, 0.2) is 0 Å². The first kappa shape index (κ1) is 16.0. The summed E-state index contributed by atoms with van der Waals surface area (Å²) < 4.78 is 40.1. The number of alkyl halides is 3. The highest BCUT2D eigenvalue weighted by Gasteiger charge is 2.47. The zero-order valence-electron chi connectivity index (χ0n) is 12.4. The Morgan fingerprint density at radius 2 is 1.85 bits per heavy atom. The Bertz CT molecular complexity index is 307. The summed E-state index contributed by atoms with van der Waals surface area (Å²) in [6.45, 7) is 6.30. The molecule has 118 valence electrons. The van der Waals surface area contributed by atoms with Crippen LogP contribution >= 0.6 is 0 Å². The average Bonchev–Trinajstić information content (AvgIpc) is 2.63. The lowest BCUT2D eigenvalue weighted by Crippen LogP contribution is -2.61. The van der Waals surface area contributed by atoms with E-state index in [1.807, 2.05) is 0 Å². The molecule has 2 unspecified atom stereocenters. The molecule has 0 aromatic rings. The van der Waals surface area contributed by atoms with E-state index in [1.54, 1.807) is 4.90 Å². The largest absolute Gasteiger partial charge is 0.405 e. The summed E-state index contributed by atoms with van der Waals surface area (Å²) in [5.41, 5.74) is 0. The predicted octanol–water partition coefficient (Wildman–Crippen LogP) is 2.43. The molecule has 2 fully saturated rings. The summed E-state index contributed by atoms with van der Waals surface area (Å²) in [6.07, 6.45) is -0.452. The molecule has 0 aromatic carbocycles. The fraction of sp³-hybridized carbons (Fsp3) is 1.00. The van der Waals surface area contributed by atoms with Gasteiger partial charge in [0.15, 0.2) is 0 Å². The lowest BCUT2D eigenvalue weighted by molar-refractivity contribution is -0.199. The topological polar surface area (TPSA) is 18.5 Å². The minimum absolute atomic E-state index is 0.0198. The van der Waals surface area contributed by atoms with Gasteiger partial charge in [0.05, 0.1) is 6.17 Å². The monoisotopic (exact) mass is 293 g/mol. The number of nitrogens with one attached hydrogen (secondary N) is 1. The molecule has 2 atom stereocenters. The van der Waals surface area contributed by atoms with Gasteiger partial charge in [-0.2, -0.15) is 13.2 Å². The van der Waals surface area contributed by atoms with Gasteiger partial charge < -0.3 is 5.32 Å². The third-order valence-corrected chi connectivity index (χ3v) is 4.44. The highest BCUT2D eigenvalue weighted by Crippen LogP contribution is 2.31. The molecule has 2 saturated heterocycles. The molecule has 0 spiro atoms. The maximum absolute atomic E-state index is 13.4. The fourth-order valence-electron chi connectivity index (χ4n) is 3.45. The van der Waals surface area contributed by atoms with Crippen LogP contribution in [0.3, 0.4) is 0 Å². The standard InChI is InChI=1S/C14H26F3N3/c1-11(2)19-8-4-3-6-13(19)20-9-5-7-18-10-12(20)14(15,16)17/h11-13,18H,3-10H2,1-2H3. The van der Waals surface area contributed by atoms with Crippen molar-refractivity contribution in [2.24, 2.45) is 0 Å². The van der Waals surface area contributed by atoms with Crippen molar-refractivity contribution >= 4 is 0 Å². The molecule has 1 N–H and O–H groups in total. The number of hydrogen-bond donors (Lipinski definition) is 1. The predicted molar refractivity (Wildman–Crippen MR) is 73.5 cm³/mol. The molecular weight excluding hydrogens is 267 g/mol. The Balaban J connectivity index is 2.19. The van der Waals surface area contributed by atoms with Crippen LogP contribution in [0.5, 0.6) is 0 Å². The first-order valence-electron chi connectivity index (χ1n) is 7.70. The van der Waals surface area contributed by atoms with Crippen molar-refractivity contribution in [3.63, 3.8) is 0 Å². The van der Waals surface area contributed by atoms with Crippen molar-refractivity contribution in [2.75, 3.05) is 26.2 Å². The number of rotatable bonds is 2. The van der Waals surface area contributed by atoms with E-state index in [0.717, 1.165) is 32.2 Å². The molecule has 3 nitrogen and oxygen atoms in total. The van der Waals surface area contributed by atoms with Crippen LogP contribution in [-0.4, -0.2) is 60.4 Å². The van der Waals surface area contributed by atoms with Crippen LogP contribution in [0.4, 0.5) is 13.2 Å². The van der Waals surface area contributed by atoms with Gasteiger partial charge >= 0.3 is 6.18 Å². The molecule has 0 saturated carbocycles. The summed E-state index contributed by atoms with van der Waals surface area (Å²) in [7, 11) is 0. The third kappa shape index (κ3) is 3.65. The molecule has 2 rings (SSSR count). The zero-order valence-corrected chi connectivity index (χ0v) is 12.4. The van der Waals surface area contributed by atoms with E-state index in [2.05, 4.69) is 24.1 Å². The maximum atomic E-state index is 13.4. The van der Waals surface area contributed by atoms with Gasteiger partial charge in [-0.1, -0.05) is 0 Å². The molecule has 0 bridgehead atoms. The maximum Gasteiger partial charge on any atom is 0.405 e. The van der Waals surface area contributed by atoms with Crippen molar-refractivity contribution in [3.8, 4) is 0 Å². The molecule has 2 aliphatic rings. The van der Waals surface area contributed by atoms with E-state index in [4.69, 9.17) is 0 Å². The van der Waals surface area contributed by atoms with Gasteiger partial charge in [-0.25, -0.2) is 0 Å². The van der Waals surface area contributed by atoms with E-state index in [-0.39, 0.29) is 12.7 Å². The van der Waals surface area contributed by atoms with E-state index in [9.17, 15) is 13.2 Å². The third-order valence-electron chi connectivity index (χ3n) is 4.44. The summed E-state index contributed by atoms with van der Waals surface area (Å²) in [5.74, 6) is 0. The van der Waals surface area contributed by atoms with Crippen LogP contribution in [0.1, 0.15) is 39.5 Å². The fourth-order valence-corrected chi connectivity index (χ4v) is 3.45. The van der Waals surface area contributed by atoms with Crippen LogP contribution in [0, 0.1) is 0 Å². The number of halogens is 3. The normalized spacial score (nSPS) is 31.5. The highest BCUT2D eigenvalue weighted by molar-refractivity contribution is 4.90. The van der Waals surface area contributed by atoms with Crippen LogP contribution in [0.2, 0.25) is 0 Å². The molecule has 0 aliphatic carbocycles.